The lowest BCUT2D eigenvalue weighted by atomic mass is 9.65. The Morgan fingerprint density at radius 2 is 0.552 bits per heavy atom. The predicted molar refractivity (Wildman–Crippen MR) is 420 cm³/mol. The van der Waals surface area contributed by atoms with E-state index < -0.39 is 40.7 Å². The third kappa shape index (κ3) is 21.6. The second kappa shape index (κ2) is 37.5. The molecule has 16 rings (SSSR count). The Kier molecular flexibility index (Phi) is 29.4. The molecule has 0 radical (unpaired) electrons. The molecule has 10 unspecified atom stereocenters. The van der Waals surface area contributed by atoms with Crippen LogP contribution in [0, 0.1) is 167 Å². The molecule has 0 bridgehead atoms. The molecular formula is C96H121F9. The lowest BCUT2D eigenvalue weighted by Gasteiger charge is -2.40. The fraction of sp³-hybridized carbons (Fsp3) is 0.521. The zero-order chi connectivity index (χ0) is 76.2. The second-order valence-electron chi connectivity index (χ2n) is 34.2. The normalized spacial score (nSPS) is 22.9. The van der Waals surface area contributed by atoms with Gasteiger partial charge in [0.1, 0.15) is 17.5 Å². The molecule has 568 valence electrons. The number of benzene rings is 8. The highest BCUT2D eigenvalue weighted by Gasteiger charge is 2.33. The number of hydrogen-bond acceptors (Lipinski definition) is 0. The van der Waals surface area contributed by atoms with Crippen LogP contribution in [0.25, 0.3) is 10.8 Å². The third-order valence-electron chi connectivity index (χ3n) is 24.4. The molecule has 0 N–H and O–H groups in total. The molecule has 0 nitrogen and oxygen atoms in total. The van der Waals surface area contributed by atoms with Crippen LogP contribution in [0.2, 0.25) is 0 Å². The highest BCUT2D eigenvalue weighted by atomic mass is 19.2. The molecular weight excluding hydrogens is 1320 g/mol. The standard InChI is InChI=1S/C12H9F3.2C12H14F2.2C12H15F.C12H22.2C12H16/c1-6-3-4-8-5-7(2)11(14)12(15)9(8)10(6)13;2*1-7-3-4-9-6-8(2)11(13)12(14)10(9)5-7;2*1-8-3-6-11-10(7-8)5-4-9(2)12(11)13;3*1-9-3-5-12-8-10(2)4-6-11(12)7-9/h3-5H,1-2H3;2*6-7H,3-5H2,1-2H3;2*4-5,8H,3,6-7H2,1-2H3;9-12H,3-8H2,1-2H3;2*3,5,7,10H,4,6,8H2,1-2H3. The van der Waals surface area contributed by atoms with E-state index in [1.54, 1.807) is 60.4 Å². The van der Waals surface area contributed by atoms with Gasteiger partial charge < -0.3 is 0 Å². The Morgan fingerprint density at radius 1 is 0.229 bits per heavy atom. The lowest BCUT2D eigenvalue weighted by Crippen LogP contribution is -2.29. The first-order valence-corrected chi connectivity index (χ1v) is 40.0. The molecule has 2 saturated carbocycles. The van der Waals surface area contributed by atoms with Crippen molar-refractivity contribution in [2.75, 3.05) is 0 Å². The Hall–Kier alpha value is -6.61. The van der Waals surface area contributed by atoms with Crippen LogP contribution < -0.4 is 0 Å². The van der Waals surface area contributed by atoms with Crippen LogP contribution in [0.4, 0.5) is 39.5 Å². The molecule has 10 atom stereocenters. The average Bonchev–Trinajstić information content (AvgIpc) is 0.789. The van der Waals surface area contributed by atoms with E-state index in [9.17, 15) is 39.5 Å². The summed E-state index contributed by atoms with van der Waals surface area (Å²) in [5.74, 6) is 3.15. The van der Waals surface area contributed by atoms with Crippen LogP contribution in [0.3, 0.4) is 0 Å². The molecule has 0 aromatic heterocycles. The Morgan fingerprint density at radius 3 is 0.962 bits per heavy atom. The van der Waals surface area contributed by atoms with Gasteiger partial charge in [-0.2, -0.15) is 0 Å². The summed E-state index contributed by atoms with van der Waals surface area (Å²) >= 11 is 0. The quantitative estimate of drug-likeness (QED) is 0.133. The fourth-order valence-electron chi connectivity index (χ4n) is 17.6. The SMILES string of the molecule is CC1CCC2CC(C)CCC2C1.Cc1cc2c(c(F)c1F)CC(C)CC2.Cc1cc2c(c(F)c1F)CC(C)CC2.Cc1cc2ccc(C)c(F)c2c(F)c1F.Cc1ccc2c(c1)CCC(C)C2.Cc1ccc2c(c1)CCC(C)C2.Cc1ccc2c(c1F)CCC(C)C2.Cc1ccc2c(c1F)CCC(C)C2. The molecule has 8 aromatic carbocycles. The highest BCUT2D eigenvalue weighted by molar-refractivity contribution is 5.85. The summed E-state index contributed by atoms with van der Waals surface area (Å²) in [4.78, 5) is 0. The van der Waals surface area contributed by atoms with Gasteiger partial charge in [0, 0.05) is 0 Å². The maximum absolute atomic E-state index is 13.6. The van der Waals surface area contributed by atoms with Crippen molar-refractivity contribution in [2.45, 2.75) is 265 Å². The summed E-state index contributed by atoms with van der Waals surface area (Å²) in [5.41, 5.74) is 19.7. The van der Waals surface area contributed by atoms with Crippen LogP contribution >= 0.6 is 0 Å². The molecule has 0 spiro atoms. The van der Waals surface area contributed by atoms with Crippen LogP contribution in [0.1, 0.15) is 244 Å². The molecule has 8 aromatic rings. The molecule has 8 aliphatic carbocycles. The van der Waals surface area contributed by atoms with E-state index >= 15 is 0 Å². The first-order valence-electron chi connectivity index (χ1n) is 40.0. The van der Waals surface area contributed by atoms with Crippen molar-refractivity contribution in [1.82, 2.24) is 0 Å². The van der Waals surface area contributed by atoms with Gasteiger partial charge in [-0.15, -0.1) is 0 Å². The first-order chi connectivity index (χ1) is 49.8. The summed E-state index contributed by atoms with van der Waals surface area (Å²) in [6, 6.07) is 29.9. The lowest BCUT2D eigenvalue weighted by molar-refractivity contribution is 0.109. The van der Waals surface area contributed by atoms with Gasteiger partial charge in [-0.1, -0.05) is 164 Å². The number of rotatable bonds is 0. The highest BCUT2D eigenvalue weighted by Crippen LogP contribution is 2.45. The molecule has 2 fully saturated rings. The van der Waals surface area contributed by atoms with Gasteiger partial charge in [0.15, 0.2) is 34.9 Å². The van der Waals surface area contributed by atoms with E-state index in [0.717, 1.165) is 145 Å². The van der Waals surface area contributed by atoms with Gasteiger partial charge in [0.05, 0.1) is 5.39 Å². The minimum absolute atomic E-state index is 0.0319. The van der Waals surface area contributed by atoms with Crippen LogP contribution in [0.5, 0.6) is 0 Å². The van der Waals surface area contributed by atoms with E-state index in [4.69, 9.17) is 0 Å². The van der Waals surface area contributed by atoms with Gasteiger partial charge in [0.2, 0.25) is 0 Å². The summed E-state index contributed by atoms with van der Waals surface area (Å²) < 4.78 is 121. The average molecular weight is 1450 g/mol. The molecule has 8 aliphatic rings. The first kappa shape index (κ1) is 82.4. The van der Waals surface area contributed by atoms with Gasteiger partial charge in [-0.3, -0.25) is 0 Å². The van der Waals surface area contributed by atoms with Crippen molar-refractivity contribution >= 4 is 10.8 Å². The maximum atomic E-state index is 13.6. The molecule has 0 heterocycles. The molecule has 0 aliphatic heterocycles. The fourth-order valence-corrected chi connectivity index (χ4v) is 17.6. The van der Waals surface area contributed by atoms with Gasteiger partial charge in [0.25, 0.3) is 0 Å². The third-order valence-corrected chi connectivity index (χ3v) is 24.4. The summed E-state index contributed by atoms with van der Waals surface area (Å²) in [6.45, 7) is 32.5. The Balaban J connectivity index is 0.000000139. The van der Waals surface area contributed by atoms with Crippen LogP contribution in [-0.4, -0.2) is 0 Å². The van der Waals surface area contributed by atoms with Gasteiger partial charge in [-0.25, -0.2) is 39.5 Å². The minimum Gasteiger partial charge on any atom is -0.206 e. The Labute approximate surface area is 625 Å². The maximum Gasteiger partial charge on any atom is 0.169 e. The zero-order valence-corrected chi connectivity index (χ0v) is 66.3. The van der Waals surface area contributed by atoms with Crippen molar-refractivity contribution in [2.24, 2.45) is 59.2 Å². The van der Waals surface area contributed by atoms with E-state index in [0.29, 0.717) is 57.9 Å². The largest absolute Gasteiger partial charge is 0.206 e. The van der Waals surface area contributed by atoms with Crippen molar-refractivity contribution in [3.63, 3.8) is 0 Å². The van der Waals surface area contributed by atoms with Gasteiger partial charge >= 0.3 is 0 Å². The predicted octanol–water partition coefficient (Wildman–Crippen LogP) is 27.3. The summed E-state index contributed by atoms with van der Waals surface area (Å²) in [7, 11) is 0. The monoisotopic (exact) mass is 1440 g/mol. The van der Waals surface area contributed by atoms with Gasteiger partial charge in [-0.05, 0) is 367 Å². The van der Waals surface area contributed by atoms with E-state index in [1.165, 1.54) is 119 Å². The molecule has 0 amide bonds. The number of aryl methyl sites for hydroxylation is 12. The van der Waals surface area contributed by atoms with Crippen molar-refractivity contribution < 1.29 is 39.5 Å². The number of hydrogen-bond donors (Lipinski definition) is 0. The molecule has 105 heavy (non-hydrogen) atoms. The van der Waals surface area contributed by atoms with E-state index in [-0.39, 0.29) is 22.6 Å². The summed E-state index contributed by atoms with van der Waals surface area (Å²) in [6.07, 6.45) is 28.6. The zero-order valence-electron chi connectivity index (χ0n) is 66.3. The number of halogens is 9. The van der Waals surface area contributed by atoms with E-state index in [2.05, 4.69) is 118 Å². The number of fused-ring (bicyclic) bond motifs is 8. The smallest absolute Gasteiger partial charge is 0.169 e. The van der Waals surface area contributed by atoms with Crippen LogP contribution in [0.15, 0.2) is 91.0 Å². The van der Waals surface area contributed by atoms with Crippen molar-refractivity contribution in [3.8, 4) is 0 Å². The summed E-state index contributed by atoms with van der Waals surface area (Å²) in [5, 5.41) is 0.118. The Bertz CT molecular complexity index is 4050. The molecule has 9 heteroatoms. The van der Waals surface area contributed by atoms with Crippen molar-refractivity contribution in [3.05, 3.63) is 255 Å². The van der Waals surface area contributed by atoms with E-state index in [1.807, 2.05) is 26.0 Å². The second-order valence-corrected chi connectivity index (χ2v) is 34.2. The van der Waals surface area contributed by atoms with Crippen molar-refractivity contribution in [1.29, 1.82) is 0 Å². The topological polar surface area (TPSA) is 0 Å². The molecule has 0 saturated heterocycles. The minimum atomic E-state index is -1.11. The van der Waals surface area contributed by atoms with Crippen LogP contribution in [-0.2, 0) is 77.0 Å².